The Bertz CT molecular complexity index is 1350. The second-order valence-corrected chi connectivity index (χ2v) is 21.6. The summed E-state index contributed by atoms with van der Waals surface area (Å²) in [6, 6.07) is 0. The van der Waals surface area contributed by atoms with E-state index in [9.17, 15) is 28.9 Å². The normalized spacial score (nSPS) is 13.6. The topological polar surface area (TPSA) is 155 Å². The van der Waals surface area contributed by atoms with Crippen molar-refractivity contribution in [3.63, 3.8) is 0 Å². The highest BCUT2D eigenvalue weighted by atomic mass is 31.2. The number of ether oxygens (including phenoxy) is 3. The predicted octanol–water partition coefficient (Wildman–Crippen LogP) is 17.6. The molecule has 0 aromatic rings. The second kappa shape index (κ2) is 54.9. The Labute approximate surface area is 441 Å². The summed E-state index contributed by atoms with van der Waals surface area (Å²) in [7, 11) is -4.75. The van der Waals surface area contributed by atoms with Gasteiger partial charge in [0.15, 0.2) is 6.10 Å². The van der Waals surface area contributed by atoms with E-state index in [1.807, 2.05) is 0 Å². The third-order valence-corrected chi connectivity index (χ3v) is 14.0. The van der Waals surface area contributed by atoms with Crippen molar-refractivity contribution in [1.82, 2.24) is 0 Å². The largest absolute Gasteiger partial charge is 0.472 e. The van der Waals surface area contributed by atoms with Crippen molar-refractivity contribution in [3.8, 4) is 0 Å². The molecule has 0 saturated heterocycles. The molecule has 0 aliphatic rings. The molecule has 3 unspecified atom stereocenters. The van der Waals surface area contributed by atoms with Crippen molar-refractivity contribution in [2.45, 2.75) is 303 Å². The minimum atomic E-state index is -4.75. The summed E-state index contributed by atoms with van der Waals surface area (Å²) in [6.45, 7) is 4.62. The van der Waals surface area contributed by atoms with Crippen LogP contribution in [0.3, 0.4) is 0 Å². The van der Waals surface area contributed by atoms with E-state index >= 15 is 0 Å². The molecule has 0 heterocycles. The third kappa shape index (κ3) is 52.6. The van der Waals surface area contributed by atoms with Crippen LogP contribution >= 0.6 is 7.82 Å². The number of aliphatic hydroxyl groups is 1. The molecule has 0 rings (SSSR count). The Kier molecular flexibility index (Phi) is 53.2. The summed E-state index contributed by atoms with van der Waals surface area (Å²) in [6.07, 6.45) is 56.7. The van der Waals surface area contributed by atoms with Crippen LogP contribution in [0.25, 0.3) is 0 Å². The Morgan fingerprint density at radius 2 is 0.639 bits per heavy atom. The number of phosphoric acid groups is 1. The molecule has 0 fully saturated rings. The number of hydrogen-bond donors (Lipinski definition) is 2. The zero-order chi connectivity index (χ0) is 52.7. The lowest BCUT2D eigenvalue weighted by atomic mass is 10.1. The molecule has 3 atom stereocenters. The average molecular weight is 1040 g/mol. The number of esters is 3. The molecule has 12 heteroatoms. The molecule has 11 nitrogen and oxygen atoms in total. The summed E-state index contributed by atoms with van der Waals surface area (Å²) >= 11 is 0. The van der Waals surface area contributed by atoms with E-state index in [1.54, 1.807) is 0 Å². The van der Waals surface area contributed by atoms with Gasteiger partial charge in [-0.1, -0.05) is 211 Å². The van der Waals surface area contributed by atoms with Crippen molar-refractivity contribution < 1.29 is 52.2 Å². The molecule has 422 valence electrons. The van der Waals surface area contributed by atoms with Crippen LogP contribution in [0.5, 0.6) is 0 Å². The van der Waals surface area contributed by atoms with Crippen LogP contribution in [-0.2, 0) is 42.2 Å². The van der Waals surface area contributed by atoms with E-state index in [0.29, 0.717) is 19.3 Å². The maximum atomic E-state index is 12.9. The van der Waals surface area contributed by atoms with Crippen LogP contribution in [0, 0.1) is 0 Å². The number of carbonyl (C=O) groups is 3. The maximum absolute atomic E-state index is 12.9. The zero-order valence-electron chi connectivity index (χ0n) is 46.7. The lowest BCUT2D eigenvalue weighted by Gasteiger charge is -2.21. The molecular weight excluding hydrogens is 928 g/mol. The van der Waals surface area contributed by atoms with Gasteiger partial charge in [0.25, 0.3) is 0 Å². The van der Waals surface area contributed by atoms with Crippen LogP contribution in [0.2, 0.25) is 0 Å². The van der Waals surface area contributed by atoms with Crippen LogP contribution in [0.4, 0.5) is 0 Å². The van der Waals surface area contributed by atoms with Gasteiger partial charge in [-0.2, -0.15) is 0 Å². The van der Waals surface area contributed by atoms with Gasteiger partial charge in [-0.15, -0.1) is 0 Å². The van der Waals surface area contributed by atoms with Crippen molar-refractivity contribution in [2.24, 2.45) is 0 Å². The van der Waals surface area contributed by atoms with Gasteiger partial charge in [0.2, 0.25) is 0 Å². The van der Waals surface area contributed by atoms with E-state index in [0.717, 1.165) is 96.3 Å². The average Bonchev–Trinajstić information content (AvgIpc) is 3.37. The van der Waals surface area contributed by atoms with Gasteiger partial charge < -0.3 is 24.2 Å². The van der Waals surface area contributed by atoms with Crippen LogP contribution in [0.1, 0.15) is 290 Å². The molecule has 0 aromatic carbocycles. The van der Waals surface area contributed by atoms with Gasteiger partial charge in [-0.25, -0.2) is 4.57 Å². The van der Waals surface area contributed by atoms with Gasteiger partial charge in [-0.3, -0.25) is 23.4 Å². The monoisotopic (exact) mass is 1040 g/mol. The fraction of sp³-hybridized carbons (Fsp3) is 0.850. The van der Waals surface area contributed by atoms with Crippen molar-refractivity contribution >= 4 is 25.7 Å². The molecule has 0 spiro atoms. The molecule has 0 aromatic heterocycles. The van der Waals surface area contributed by atoms with Gasteiger partial charge in [0.05, 0.1) is 19.8 Å². The summed E-state index contributed by atoms with van der Waals surface area (Å²) in [4.78, 5) is 48.5. The first-order valence-electron chi connectivity index (χ1n) is 29.9. The Morgan fingerprint density at radius 3 is 0.972 bits per heavy atom. The molecule has 0 radical (unpaired) electrons. The molecule has 72 heavy (non-hydrogen) atoms. The van der Waals surface area contributed by atoms with Crippen LogP contribution < -0.4 is 0 Å². The number of aliphatic hydroxyl groups excluding tert-OH is 1. The van der Waals surface area contributed by atoms with E-state index in [-0.39, 0.29) is 25.9 Å². The highest BCUT2D eigenvalue weighted by Gasteiger charge is 2.28. The zero-order valence-corrected chi connectivity index (χ0v) is 47.6. The van der Waals surface area contributed by atoms with Gasteiger partial charge in [-0.05, 0) is 96.3 Å². The number of allylic oxidation sites excluding steroid dienone is 6. The molecule has 0 aliphatic carbocycles. The molecule has 0 amide bonds. The van der Waals surface area contributed by atoms with Gasteiger partial charge >= 0.3 is 25.7 Å². The first kappa shape index (κ1) is 69.7. The van der Waals surface area contributed by atoms with E-state index in [4.69, 9.17) is 23.3 Å². The standard InChI is InChI=1S/C60H111O11P/c1-4-7-10-13-16-19-22-25-26-27-28-29-30-33-34-37-40-43-46-49-58(62)67-53-57(71-60(64)51-48-45-42-39-36-32-24-21-18-15-12-9-6-3)55-69-72(65,66)68-54-56(52-61)70-59(63)50-47-44-41-38-35-31-23-20-17-14-11-8-5-2/h20-21,23-26,56-57,61H,4-19,22,27-55H2,1-3H3,(H,65,66)/b23-20-,24-21-,26-25-. The Hall–Kier alpha value is -2.30. The van der Waals surface area contributed by atoms with Gasteiger partial charge in [0.1, 0.15) is 12.7 Å². The minimum Gasteiger partial charge on any atom is -0.462 e. The third-order valence-electron chi connectivity index (χ3n) is 13.0. The highest BCUT2D eigenvalue weighted by molar-refractivity contribution is 7.47. The van der Waals surface area contributed by atoms with Gasteiger partial charge in [0, 0.05) is 19.3 Å². The molecule has 0 aliphatic heterocycles. The Balaban J connectivity index is 4.67. The summed E-state index contributed by atoms with van der Waals surface area (Å²) in [5.41, 5.74) is 0. The fourth-order valence-corrected chi connectivity index (χ4v) is 9.18. The van der Waals surface area contributed by atoms with Crippen molar-refractivity contribution in [2.75, 3.05) is 26.4 Å². The first-order valence-corrected chi connectivity index (χ1v) is 31.4. The van der Waals surface area contributed by atoms with E-state index in [2.05, 4.69) is 57.2 Å². The smallest absolute Gasteiger partial charge is 0.462 e. The summed E-state index contributed by atoms with van der Waals surface area (Å²) in [5, 5.41) is 9.80. The molecular formula is C60H111O11P. The predicted molar refractivity (Wildman–Crippen MR) is 298 cm³/mol. The second-order valence-electron chi connectivity index (χ2n) is 20.2. The minimum absolute atomic E-state index is 0.159. The lowest BCUT2D eigenvalue weighted by Crippen LogP contribution is -2.30. The highest BCUT2D eigenvalue weighted by Crippen LogP contribution is 2.43. The number of carbonyl (C=O) groups excluding carboxylic acids is 3. The summed E-state index contributed by atoms with van der Waals surface area (Å²) < 4.78 is 39.5. The SMILES string of the molecule is CCCCCC/C=C\CCCCCCCC(=O)OC(CO)COP(=O)(O)OCC(COC(=O)CCCCCCCCCCC/C=C\CCCCCCCC)OC(=O)CCCCCCC/C=C\CCCCCC. The Morgan fingerprint density at radius 1 is 0.375 bits per heavy atom. The molecule has 2 N–H and O–H groups in total. The number of rotatable bonds is 56. The van der Waals surface area contributed by atoms with Crippen LogP contribution in [-0.4, -0.2) is 66.5 Å². The van der Waals surface area contributed by atoms with Crippen molar-refractivity contribution in [3.05, 3.63) is 36.5 Å². The molecule has 0 saturated carbocycles. The first-order chi connectivity index (χ1) is 35.2. The summed E-state index contributed by atoms with van der Waals surface area (Å²) in [5.74, 6) is -1.47. The molecule has 0 bridgehead atoms. The van der Waals surface area contributed by atoms with Crippen molar-refractivity contribution in [1.29, 1.82) is 0 Å². The number of hydrogen-bond acceptors (Lipinski definition) is 10. The van der Waals surface area contributed by atoms with E-state index < -0.39 is 57.8 Å². The lowest BCUT2D eigenvalue weighted by molar-refractivity contribution is -0.161. The fourth-order valence-electron chi connectivity index (χ4n) is 8.40. The number of phosphoric ester groups is 1. The quantitative estimate of drug-likeness (QED) is 0.0197. The van der Waals surface area contributed by atoms with E-state index in [1.165, 1.54) is 135 Å². The van der Waals surface area contributed by atoms with Crippen LogP contribution in [0.15, 0.2) is 36.5 Å². The number of unbranched alkanes of at least 4 members (excludes halogenated alkanes) is 33. The maximum Gasteiger partial charge on any atom is 0.472 e.